The van der Waals surface area contributed by atoms with Gasteiger partial charge in [0.15, 0.2) is 0 Å². The summed E-state index contributed by atoms with van der Waals surface area (Å²) >= 11 is 0. The van der Waals surface area contributed by atoms with Crippen LogP contribution >= 0.6 is 0 Å². The number of fused-ring (bicyclic) bond motifs is 9. The number of piperazine rings is 1. The molecule has 48 heavy (non-hydrogen) atoms. The van der Waals surface area contributed by atoms with E-state index < -0.39 is 21.5 Å². The van der Waals surface area contributed by atoms with Gasteiger partial charge >= 0.3 is 10.2 Å². The molecule has 4 fully saturated rings. The maximum absolute atomic E-state index is 14.9. The minimum absolute atomic E-state index is 0.0720. The van der Waals surface area contributed by atoms with E-state index in [9.17, 15) is 18.0 Å². The lowest BCUT2D eigenvalue weighted by Gasteiger charge is -2.40. The van der Waals surface area contributed by atoms with Crippen LogP contribution in [0.25, 0.3) is 22.2 Å². The average molecular weight is 674 g/mol. The van der Waals surface area contributed by atoms with Gasteiger partial charge in [-0.05, 0) is 86.5 Å². The number of methoxy groups -OCH3 is 1. The molecule has 4 heterocycles. The van der Waals surface area contributed by atoms with Crippen molar-refractivity contribution >= 4 is 32.9 Å². The molecule has 2 bridgehead atoms. The summed E-state index contributed by atoms with van der Waals surface area (Å²) < 4.78 is 37.1. The Labute approximate surface area is 283 Å². The third-order valence-electron chi connectivity index (χ3n) is 12.4. The molecule has 256 valence electrons. The van der Waals surface area contributed by atoms with Crippen molar-refractivity contribution in [3.63, 3.8) is 0 Å². The number of rotatable bonds is 7. The Bertz CT molecular complexity index is 1900. The fraction of sp³-hybridized carbons (Fsp3) is 0.568. The Balaban J connectivity index is 1.29. The van der Waals surface area contributed by atoms with E-state index in [1.165, 1.54) is 37.4 Å². The van der Waals surface area contributed by atoms with Gasteiger partial charge in [-0.3, -0.25) is 14.5 Å². The van der Waals surface area contributed by atoms with Crippen molar-refractivity contribution in [3.05, 3.63) is 53.1 Å². The number of likely N-dealkylation sites (N-methyl/N-ethyl adjacent to an activating group) is 1. The van der Waals surface area contributed by atoms with Gasteiger partial charge in [0.25, 0.3) is 5.91 Å². The van der Waals surface area contributed by atoms with Crippen LogP contribution in [0.4, 0.5) is 0 Å². The largest absolute Gasteiger partial charge is 0.497 e. The van der Waals surface area contributed by atoms with Gasteiger partial charge < -0.3 is 14.2 Å². The van der Waals surface area contributed by atoms with Gasteiger partial charge in [-0.25, -0.2) is 4.72 Å². The first-order valence-corrected chi connectivity index (χ1v) is 19.1. The van der Waals surface area contributed by atoms with E-state index in [4.69, 9.17) is 4.74 Å². The molecular formula is C37H47N5O5S. The zero-order chi connectivity index (χ0) is 33.5. The van der Waals surface area contributed by atoms with Crippen LogP contribution in [0.3, 0.4) is 0 Å². The number of nitrogens with one attached hydrogen (secondary N) is 1. The molecule has 11 heteroatoms. The van der Waals surface area contributed by atoms with Crippen LogP contribution in [0.2, 0.25) is 0 Å². The average Bonchev–Trinajstić information content (AvgIpc) is 3.72. The first-order valence-electron chi connectivity index (χ1n) is 17.7. The lowest BCUT2D eigenvalue weighted by atomic mass is 9.81. The number of carbonyl (C=O) groups is 2. The quantitative estimate of drug-likeness (QED) is 0.375. The van der Waals surface area contributed by atoms with Crippen molar-refractivity contribution in [2.75, 3.05) is 40.8 Å². The molecule has 4 atom stereocenters. The Kier molecular flexibility index (Phi) is 7.69. The van der Waals surface area contributed by atoms with Crippen LogP contribution in [0.15, 0.2) is 36.4 Å². The number of nitrogens with zero attached hydrogens (tertiary/aromatic N) is 4. The summed E-state index contributed by atoms with van der Waals surface area (Å²) in [5.41, 5.74) is 5.33. The fourth-order valence-electron chi connectivity index (χ4n) is 9.44. The zero-order valence-corrected chi connectivity index (χ0v) is 29.3. The molecule has 1 N–H and O–H groups in total. The Hall–Kier alpha value is -3.41. The lowest BCUT2D eigenvalue weighted by Crippen LogP contribution is -2.55. The van der Waals surface area contributed by atoms with Gasteiger partial charge in [-0.15, -0.1) is 0 Å². The topological polar surface area (TPSA) is 104 Å². The molecule has 2 aromatic carbocycles. The van der Waals surface area contributed by atoms with E-state index in [0.717, 1.165) is 77.4 Å². The maximum atomic E-state index is 14.9. The summed E-state index contributed by atoms with van der Waals surface area (Å²) in [6, 6.07) is 12.8. The van der Waals surface area contributed by atoms with Gasteiger partial charge in [-0.1, -0.05) is 32.3 Å². The molecule has 2 saturated heterocycles. The van der Waals surface area contributed by atoms with Crippen LogP contribution in [-0.4, -0.2) is 91.8 Å². The minimum atomic E-state index is -3.97. The molecular weight excluding hydrogens is 627 g/mol. The van der Waals surface area contributed by atoms with Gasteiger partial charge in [0.05, 0.1) is 18.2 Å². The van der Waals surface area contributed by atoms with E-state index in [1.807, 2.05) is 18.2 Å². The predicted molar refractivity (Wildman–Crippen MR) is 185 cm³/mol. The highest BCUT2D eigenvalue weighted by Gasteiger charge is 2.64. The smallest absolute Gasteiger partial charge is 0.303 e. The molecule has 5 aliphatic rings. The number of aromatic nitrogens is 1. The SMILES string of the molecule is CCN(C)S(=O)(=O)NC(=O)c1ccc2c(C3CCCCC3)c3n(c2c1)CC1(C(=O)N2CC4CCC(C2)N4C)CC1c1cc(OC)ccc1-3. The molecule has 2 saturated carbocycles. The van der Waals surface area contributed by atoms with Crippen molar-refractivity contribution in [3.8, 4) is 17.0 Å². The summed E-state index contributed by atoms with van der Waals surface area (Å²) in [4.78, 5) is 32.9. The van der Waals surface area contributed by atoms with Crippen LogP contribution in [0.5, 0.6) is 5.75 Å². The molecule has 4 unspecified atom stereocenters. The maximum Gasteiger partial charge on any atom is 0.303 e. The van der Waals surface area contributed by atoms with E-state index in [2.05, 4.69) is 38.3 Å². The number of carbonyl (C=O) groups excluding carboxylic acids is 2. The van der Waals surface area contributed by atoms with E-state index >= 15 is 0 Å². The first-order chi connectivity index (χ1) is 23.1. The predicted octanol–water partition coefficient (Wildman–Crippen LogP) is 5.08. The highest BCUT2D eigenvalue weighted by Crippen LogP contribution is 2.66. The fourth-order valence-corrected chi connectivity index (χ4v) is 10.3. The molecule has 1 aromatic heterocycles. The highest BCUT2D eigenvalue weighted by atomic mass is 32.2. The van der Waals surface area contributed by atoms with Gasteiger partial charge in [0, 0.05) is 73.3 Å². The standard InChI is InChI=1S/C37H47N5O5S/c1-5-39(2)48(45,46)38-35(43)24-11-15-29-32(17-24)42-22-37(36(44)41-20-25-12-13-26(21-41)40(25)3)19-31(37)30-18-27(47-4)14-16-28(30)34(42)33(29)23-9-7-6-8-10-23/h11,14-18,23,25-26,31H,5-10,12-13,19-22H2,1-4H3,(H,38,43). The van der Waals surface area contributed by atoms with Crippen LogP contribution < -0.4 is 9.46 Å². The summed E-state index contributed by atoms with van der Waals surface area (Å²) in [5, 5.41) is 1.09. The number of likely N-dealkylation sites (tertiary alicyclic amines) is 1. The third kappa shape index (κ3) is 4.90. The second-order valence-electron chi connectivity index (χ2n) is 14.9. The summed E-state index contributed by atoms with van der Waals surface area (Å²) in [7, 11) is 1.36. The Morgan fingerprint density at radius 1 is 1.02 bits per heavy atom. The van der Waals surface area contributed by atoms with E-state index in [1.54, 1.807) is 20.1 Å². The lowest BCUT2D eigenvalue weighted by molar-refractivity contribution is -0.141. The molecule has 0 spiro atoms. The van der Waals surface area contributed by atoms with Gasteiger partial charge in [0.1, 0.15) is 5.75 Å². The number of hydrogen-bond donors (Lipinski definition) is 1. The summed E-state index contributed by atoms with van der Waals surface area (Å²) in [6.07, 6.45) is 8.81. The van der Waals surface area contributed by atoms with Crippen molar-refractivity contribution in [2.45, 2.75) is 88.8 Å². The Morgan fingerprint density at radius 3 is 2.44 bits per heavy atom. The number of amides is 2. The van der Waals surface area contributed by atoms with Gasteiger partial charge in [-0.2, -0.15) is 12.7 Å². The van der Waals surface area contributed by atoms with E-state index in [0.29, 0.717) is 24.5 Å². The van der Waals surface area contributed by atoms with Gasteiger partial charge in [0.2, 0.25) is 5.91 Å². The molecule has 8 rings (SSSR count). The molecule has 3 aliphatic heterocycles. The number of hydrogen-bond acceptors (Lipinski definition) is 6. The monoisotopic (exact) mass is 673 g/mol. The van der Waals surface area contributed by atoms with Crippen molar-refractivity contribution in [1.82, 2.24) is 23.4 Å². The Morgan fingerprint density at radius 2 is 1.75 bits per heavy atom. The minimum Gasteiger partial charge on any atom is -0.497 e. The molecule has 2 aliphatic carbocycles. The third-order valence-corrected chi connectivity index (χ3v) is 13.9. The molecule has 2 amide bonds. The van der Waals surface area contributed by atoms with Crippen molar-refractivity contribution < 1.29 is 22.7 Å². The highest BCUT2D eigenvalue weighted by molar-refractivity contribution is 7.87. The first kappa shape index (κ1) is 31.8. The second-order valence-corrected chi connectivity index (χ2v) is 16.7. The summed E-state index contributed by atoms with van der Waals surface area (Å²) in [6.45, 7) is 4.03. The van der Waals surface area contributed by atoms with Crippen LogP contribution in [0.1, 0.15) is 91.6 Å². The molecule has 3 aromatic rings. The number of benzene rings is 2. The van der Waals surface area contributed by atoms with E-state index in [-0.39, 0.29) is 23.9 Å². The second kappa shape index (κ2) is 11.6. The van der Waals surface area contributed by atoms with Crippen LogP contribution in [0, 0.1) is 5.41 Å². The van der Waals surface area contributed by atoms with Crippen molar-refractivity contribution in [1.29, 1.82) is 0 Å². The summed E-state index contributed by atoms with van der Waals surface area (Å²) in [5.74, 6) is 0.806. The normalized spacial score (nSPS) is 26.9. The van der Waals surface area contributed by atoms with Crippen molar-refractivity contribution in [2.24, 2.45) is 5.41 Å². The molecule has 0 radical (unpaired) electrons. The van der Waals surface area contributed by atoms with Crippen LogP contribution in [-0.2, 0) is 21.5 Å². The number of ether oxygens (including phenoxy) is 1. The molecule has 10 nitrogen and oxygen atoms in total. The zero-order valence-electron chi connectivity index (χ0n) is 28.5.